The quantitative estimate of drug-likeness (QED) is 0.739. The maximum absolute atomic E-state index is 13.3. The number of hydrogen-bond acceptors (Lipinski definition) is 3. The van der Waals surface area contributed by atoms with Gasteiger partial charge in [-0.3, -0.25) is 4.98 Å². The molecule has 1 aromatic rings. The number of nitrogens with zero attached hydrogens (tertiary/aromatic N) is 1. The van der Waals surface area contributed by atoms with Crippen LogP contribution in [0.5, 0.6) is 0 Å². The molecule has 0 amide bonds. The summed E-state index contributed by atoms with van der Waals surface area (Å²) in [6.45, 7) is 11.4. The summed E-state index contributed by atoms with van der Waals surface area (Å²) in [5.41, 5.74) is -2.51. The lowest BCUT2D eigenvalue weighted by atomic mass is 9.76. The highest BCUT2D eigenvalue weighted by molar-refractivity contribution is 6.62. The Morgan fingerprint density at radius 1 is 1.08 bits per heavy atom. The zero-order valence-corrected chi connectivity index (χ0v) is 15.7. The molecule has 1 aliphatic rings. The van der Waals surface area contributed by atoms with Crippen LogP contribution in [0.1, 0.15) is 52.9 Å². The Labute approximate surface area is 146 Å². The molecular weight excluding hydrogens is 341 g/mol. The van der Waals surface area contributed by atoms with Crippen LogP contribution in [0.25, 0.3) is 0 Å². The monoisotopic (exact) mass is 363 g/mol. The second-order valence-electron chi connectivity index (χ2n) is 7.70. The van der Waals surface area contributed by atoms with E-state index in [0.717, 1.165) is 13.8 Å². The smallest absolute Gasteiger partial charge is 0.399 e. The summed E-state index contributed by atoms with van der Waals surface area (Å²) in [5.74, 6) is 0. The standard InChI is InChI=1S/C16H22BClF3NO2/c1-9-10(17-23-14(4,5)15(6,7)24-17)8-11(18)12(22-9)13(2,3)16(19,20)21/h8H,1-7H3. The Kier molecular flexibility index (Phi) is 4.57. The second-order valence-corrected chi connectivity index (χ2v) is 8.11. The lowest BCUT2D eigenvalue weighted by molar-refractivity contribution is -0.181. The van der Waals surface area contributed by atoms with Crippen molar-refractivity contribution in [2.45, 2.75) is 71.3 Å². The first-order valence-corrected chi connectivity index (χ1v) is 8.08. The summed E-state index contributed by atoms with van der Waals surface area (Å²) in [5, 5.41) is -0.0485. The van der Waals surface area contributed by atoms with Gasteiger partial charge in [0.05, 0.1) is 21.9 Å². The van der Waals surface area contributed by atoms with Gasteiger partial charge in [0.1, 0.15) is 5.41 Å². The van der Waals surface area contributed by atoms with Crippen molar-refractivity contribution in [3.8, 4) is 0 Å². The van der Waals surface area contributed by atoms with E-state index in [4.69, 9.17) is 20.9 Å². The lowest BCUT2D eigenvalue weighted by Crippen LogP contribution is -2.41. The van der Waals surface area contributed by atoms with E-state index in [2.05, 4.69) is 4.98 Å². The van der Waals surface area contributed by atoms with Crippen LogP contribution in [0.3, 0.4) is 0 Å². The first-order valence-electron chi connectivity index (χ1n) is 7.70. The van der Waals surface area contributed by atoms with Gasteiger partial charge in [0.2, 0.25) is 0 Å². The van der Waals surface area contributed by atoms with Crippen molar-refractivity contribution < 1.29 is 22.5 Å². The number of aryl methyl sites for hydroxylation is 1. The third-order valence-corrected chi connectivity index (χ3v) is 5.30. The van der Waals surface area contributed by atoms with Crippen LogP contribution in [-0.2, 0) is 14.7 Å². The van der Waals surface area contributed by atoms with Gasteiger partial charge in [0, 0.05) is 11.2 Å². The van der Waals surface area contributed by atoms with E-state index in [-0.39, 0.29) is 10.7 Å². The Morgan fingerprint density at radius 3 is 1.96 bits per heavy atom. The molecule has 24 heavy (non-hydrogen) atoms. The molecule has 1 aliphatic heterocycles. The van der Waals surface area contributed by atoms with E-state index >= 15 is 0 Å². The number of pyridine rings is 1. The fourth-order valence-corrected chi connectivity index (χ4v) is 2.77. The predicted octanol–water partition coefficient (Wildman–Crippen LogP) is 4.18. The summed E-state index contributed by atoms with van der Waals surface area (Å²) < 4.78 is 51.7. The second kappa shape index (κ2) is 5.61. The third-order valence-electron chi connectivity index (χ3n) is 5.01. The summed E-state index contributed by atoms with van der Waals surface area (Å²) >= 11 is 6.14. The highest BCUT2D eigenvalue weighted by atomic mass is 35.5. The minimum atomic E-state index is -4.46. The number of rotatable bonds is 2. The SMILES string of the molecule is Cc1nc(C(C)(C)C(F)(F)F)c(Cl)cc1B1OC(C)(C)C(C)(C)O1. The molecule has 0 unspecified atom stereocenters. The molecule has 134 valence electrons. The van der Waals surface area contributed by atoms with Crippen molar-refractivity contribution in [2.24, 2.45) is 0 Å². The topological polar surface area (TPSA) is 31.4 Å². The van der Waals surface area contributed by atoms with Gasteiger partial charge in [0.15, 0.2) is 0 Å². The van der Waals surface area contributed by atoms with E-state index < -0.39 is 29.9 Å². The fourth-order valence-electron chi connectivity index (χ4n) is 2.38. The molecule has 1 saturated heterocycles. The van der Waals surface area contributed by atoms with Crippen LogP contribution in [-0.4, -0.2) is 29.5 Å². The first-order chi connectivity index (χ1) is 10.6. The van der Waals surface area contributed by atoms with Crippen molar-refractivity contribution in [2.75, 3.05) is 0 Å². The molecule has 0 saturated carbocycles. The largest absolute Gasteiger partial charge is 0.496 e. The van der Waals surface area contributed by atoms with Gasteiger partial charge in [-0.2, -0.15) is 13.2 Å². The van der Waals surface area contributed by atoms with Gasteiger partial charge < -0.3 is 9.31 Å². The summed E-state index contributed by atoms with van der Waals surface area (Å²) in [6, 6.07) is 1.47. The Bertz CT molecular complexity index is 643. The summed E-state index contributed by atoms with van der Waals surface area (Å²) in [7, 11) is -0.719. The van der Waals surface area contributed by atoms with Gasteiger partial charge in [0.25, 0.3) is 0 Å². The van der Waals surface area contributed by atoms with Crippen molar-refractivity contribution in [3.63, 3.8) is 0 Å². The normalized spacial score (nSPS) is 20.5. The Hall–Kier alpha value is -0.785. The van der Waals surface area contributed by atoms with E-state index in [9.17, 15) is 13.2 Å². The predicted molar refractivity (Wildman–Crippen MR) is 88.8 cm³/mol. The van der Waals surface area contributed by atoms with Gasteiger partial charge >= 0.3 is 13.3 Å². The molecular formula is C16H22BClF3NO2. The molecule has 2 rings (SSSR count). The summed E-state index contributed by atoms with van der Waals surface area (Å²) in [4.78, 5) is 4.14. The van der Waals surface area contributed by atoms with Crippen LogP contribution in [0.2, 0.25) is 5.02 Å². The van der Waals surface area contributed by atoms with Crippen LogP contribution >= 0.6 is 11.6 Å². The molecule has 0 spiro atoms. The molecule has 8 heteroatoms. The van der Waals surface area contributed by atoms with Crippen molar-refractivity contribution >= 4 is 24.2 Å². The summed E-state index contributed by atoms with van der Waals surface area (Å²) in [6.07, 6.45) is -4.46. The lowest BCUT2D eigenvalue weighted by Gasteiger charge is -2.32. The van der Waals surface area contributed by atoms with Crippen molar-refractivity contribution in [1.29, 1.82) is 0 Å². The van der Waals surface area contributed by atoms with Gasteiger partial charge in [-0.05, 0) is 54.5 Å². The molecule has 0 radical (unpaired) electrons. The maximum Gasteiger partial charge on any atom is 0.496 e. The van der Waals surface area contributed by atoms with E-state index in [1.807, 2.05) is 27.7 Å². The average Bonchev–Trinajstić information content (AvgIpc) is 2.59. The number of aromatic nitrogens is 1. The molecule has 0 aliphatic carbocycles. The van der Waals surface area contributed by atoms with E-state index in [1.165, 1.54) is 6.07 Å². The highest BCUT2D eigenvalue weighted by Crippen LogP contribution is 2.42. The zero-order chi connectivity index (χ0) is 18.7. The molecule has 0 bridgehead atoms. The van der Waals surface area contributed by atoms with Crippen molar-refractivity contribution in [1.82, 2.24) is 4.98 Å². The highest BCUT2D eigenvalue weighted by Gasteiger charge is 2.54. The average molecular weight is 364 g/mol. The molecule has 0 aromatic carbocycles. The van der Waals surface area contributed by atoms with Gasteiger partial charge in [-0.15, -0.1) is 0 Å². The molecule has 0 N–H and O–H groups in total. The minimum Gasteiger partial charge on any atom is -0.399 e. The minimum absolute atomic E-state index is 0.0485. The molecule has 2 heterocycles. The molecule has 0 atom stereocenters. The van der Waals surface area contributed by atoms with Gasteiger partial charge in [-0.1, -0.05) is 11.6 Å². The molecule has 3 nitrogen and oxygen atoms in total. The number of hydrogen-bond donors (Lipinski definition) is 0. The van der Waals surface area contributed by atoms with Crippen molar-refractivity contribution in [3.05, 3.63) is 22.5 Å². The Morgan fingerprint density at radius 2 is 1.54 bits per heavy atom. The first kappa shape index (κ1) is 19.5. The Balaban J connectivity index is 2.46. The maximum atomic E-state index is 13.3. The van der Waals surface area contributed by atoms with E-state index in [0.29, 0.717) is 11.2 Å². The number of halogens is 4. The molecule has 1 aromatic heterocycles. The van der Waals surface area contributed by atoms with Crippen LogP contribution in [0, 0.1) is 6.92 Å². The number of alkyl halides is 3. The van der Waals surface area contributed by atoms with Crippen LogP contribution in [0.15, 0.2) is 6.07 Å². The fraction of sp³-hybridized carbons (Fsp3) is 0.688. The van der Waals surface area contributed by atoms with E-state index in [1.54, 1.807) is 6.92 Å². The van der Waals surface area contributed by atoms with Crippen LogP contribution < -0.4 is 5.46 Å². The van der Waals surface area contributed by atoms with Crippen LogP contribution in [0.4, 0.5) is 13.2 Å². The zero-order valence-electron chi connectivity index (χ0n) is 14.9. The molecule has 1 fully saturated rings. The third kappa shape index (κ3) is 3.06. The van der Waals surface area contributed by atoms with Gasteiger partial charge in [-0.25, -0.2) is 0 Å².